The van der Waals surface area contributed by atoms with Crippen LogP contribution in [-0.4, -0.2) is 32.9 Å². The number of hydrogen-bond acceptors (Lipinski definition) is 2. The molecule has 13 heavy (non-hydrogen) atoms. The van der Waals surface area contributed by atoms with E-state index in [9.17, 15) is 9.59 Å². The second kappa shape index (κ2) is 2.61. The van der Waals surface area contributed by atoms with Gasteiger partial charge in [-0.1, -0.05) is 0 Å². The second-order valence-corrected chi connectivity index (χ2v) is 4.03. The Morgan fingerprint density at radius 3 is 2.23 bits per heavy atom. The van der Waals surface area contributed by atoms with Crippen LogP contribution >= 0.6 is 11.6 Å². The highest BCUT2D eigenvalue weighted by Gasteiger charge is 2.58. The Labute approximate surface area is 80.5 Å². The molecule has 2 fully saturated rings. The maximum Gasteiger partial charge on any atom is 0.408 e. The minimum absolute atomic E-state index is 0.0141. The molecule has 2 aliphatic rings. The van der Waals surface area contributed by atoms with E-state index >= 15 is 0 Å². The lowest BCUT2D eigenvalue weighted by atomic mass is 9.89. The molecule has 0 aromatic heterocycles. The van der Waals surface area contributed by atoms with Gasteiger partial charge in [0.15, 0.2) is 0 Å². The summed E-state index contributed by atoms with van der Waals surface area (Å²) in [6.45, 7) is 0. The molecule has 0 aromatic carbocycles. The Bertz CT molecular complexity index is 271. The Morgan fingerprint density at radius 1 is 1.38 bits per heavy atom. The number of hydrogen-bond donors (Lipinski definition) is 1. The van der Waals surface area contributed by atoms with Crippen molar-refractivity contribution in [1.29, 1.82) is 0 Å². The van der Waals surface area contributed by atoms with Crippen molar-refractivity contribution in [3.05, 3.63) is 0 Å². The van der Waals surface area contributed by atoms with Crippen molar-refractivity contribution in [2.24, 2.45) is 0 Å². The van der Waals surface area contributed by atoms with Gasteiger partial charge in [-0.3, -0.25) is 9.69 Å². The van der Waals surface area contributed by atoms with Crippen molar-refractivity contribution in [3.63, 3.8) is 0 Å². The van der Waals surface area contributed by atoms with Crippen LogP contribution in [0.25, 0.3) is 0 Å². The third-order valence-electron chi connectivity index (χ3n) is 3.18. The molecule has 0 unspecified atom stereocenters. The zero-order chi connectivity index (χ0) is 9.64. The van der Waals surface area contributed by atoms with Gasteiger partial charge in [-0.05, 0) is 37.3 Å². The molecule has 4 nitrogen and oxygen atoms in total. The van der Waals surface area contributed by atoms with E-state index in [0.29, 0.717) is 12.8 Å². The number of amides is 1. The first-order valence-corrected chi connectivity index (χ1v) is 4.68. The quantitative estimate of drug-likeness (QED) is 0.656. The molecule has 2 heterocycles. The van der Waals surface area contributed by atoms with Crippen LogP contribution in [0.2, 0.25) is 0 Å². The summed E-state index contributed by atoms with van der Waals surface area (Å²) < 4.78 is 0. The largest absolute Gasteiger partial charge is 0.465 e. The fourth-order valence-electron chi connectivity index (χ4n) is 2.56. The molecule has 2 aliphatic heterocycles. The van der Waals surface area contributed by atoms with Crippen LogP contribution in [0.3, 0.4) is 0 Å². The maximum atomic E-state index is 11.2. The average molecular weight is 204 g/mol. The zero-order valence-electron chi connectivity index (χ0n) is 6.99. The van der Waals surface area contributed by atoms with Gasteiger partial charge in [-0.15, -0.1) is 0 Å². The summed E-state index contributed by atoms with van der Waals surface area (Å²) in [5.74, 6) is 0. The van der Waals surface area contributed by atoms with E-state index in [4.69, 9.17) is 16.7 Å². The minimum Gasteiger partial charge on any atom is -0.465 e. The van der Waals surface area contributed by atoms with Gasteiger partial charge < -0.3 is 5.11 Å². The second-order valence-electron chi connectivity index (χ2n) is 3.69. The number of carbonyl (C=O) groups is 2. The molecule has 0 spiro atoms. The van der Waals surface area contributed by atoms with E-state index in [2.05, 4.69) is 0 Å². The van der Waals surface area contributed by atoms with Gasteiger partial charge in [-0.2, -0.15) is 0 Å². The van der Waals surface area contributed by atoms with Gasteiger partial charge >= 0.3 is 6.09 Å². The fourth-order valence-corrected chi connectivity index (χ4v) is 2.84. The SMILES string of the molecule is O=C(O)N1C2CCC1(C(=O)Cl)CC2. The first-order chi connectivity index (χ1) is 6.08. The van der Waals surface area contributed by atoms with Crippen molar-refractivity contribution < 1.29 is 14.7 Å². The molecule has 0 aromatic rings. The molecular weight excluding hydrogens is 194 g/mol. The molecule has 5 heteroatoms. The lowest BCUT2D eigenvalue weighted by Crippen LogP contribution is -2.48. The standard InChI is InChI=1S/C8H10ClNO3/c9-6(11)8-3-1-5(2-4-8)10(8)7(12)13/h5H,1-4H2,(H,12,13). The first kappa shape index (κ1) is 8.81. The van der Waals surface area contributed by atoms with Gasteiger partial charge in [0.25, 0.3) is 0 Å². The van der Waals surface area contributed by atoms with E-state index in [1.807, 2.05) is 0 Å². The van der Waals surface area contributed by atoms with E-state index in [1.165, 1.54) is 4.90 Å². The predicted molar refractivity (Wildman–Crippen MR) is 45.7 cm³/mol. The molecular formula is C8H10ClNO3. The number of halogens is 1. The maximum absolute atomic E-state index is 11.2. The molecule has 1 amide bonds. The van der Waals surface area contributed by atoms with E-state index in [-0.39, 0.29) is 6.04 Å². The summed E-state index contributed by atoms with van der Waals surface area (Å²) in [7, 11) is 0. The van der Waals surface area contributed by atoms with Crippen LogP contribution in [0.15, 0.2) is 0 Å². The molecule has 0 saturated carbocycles. The summed E-state index contributed by atoms with van der Waals surface area (Å²) in [5.41, 5.74) is -0.891. The highest BCUT2D eigenvalue weighted by atomic mass is 35.5. The Kier molecular flexibility index (Phi) is 1.77. The van der Waals surface area contributed by atoms with E-state index < -0.39 is 16.9 Å². The Hall–Kier alpha value is -0.770. The molecule has 2 rings (SSSR count). The highest BCUT2D eigenvalue weighted by molar-refractivity contribution is 6.65. The lowest BCUT2D eigenvalue weighted by Gasteiger charge is -2.28. The molecule has 1 N–H and O–H groups in total. The highest BCUT2D eigenvalue weighted by Crippen LogP contribution is 2.47. The number of carboxylic acid groups (broad SMARTS) is 1. The smallest absolute Gasteiger partial charge is 0.408 e. The summed E-state index contributed by atoms with van der Waals surface area (Å²) in [6.07, 6.45) is 1.70. The minimum atomic E-state index is -1.02. The summed E-state index contributed by atoms with van der Waals surface area (Å²) in [5, 5.41) is 8.40. The normalized spacial score (nSPS) is 36.7. The van der Waals surface area contributed by atoms with Crippen molar-refractivity contribution in [3.8, 4) is 0 Å². The fraction of sp³-hybridized carbons (Fsp3) is 0.750. The third-order valence-corrected chi connectivity index (χ3v) is 3.53. The van der Waals surface area contributed by atoms with Gasteiger partial charge in [0, 0.05) is 6.04 Å². The van der Waals surface area contributed by atoms with Crippen molar-refractivity contribution in [2.75, 3.05) is 0 Å². The van der Waals surface area contributed by atoms with Crippen LogP contribution in [0, 0.1) is 0 Å². The van der Waals surface area contributed by atoms with Crippen molar-refractivity contribution >= 4 is 22.9 Å². The first-order valence-electron chi connectivity index (χ1n) is 4.30. The molecule has 72 valence electrons. The van der Waals surface area contributed by atoms with Crippen LogP contribution in [0.5, 0.6) is 0 Å². The van der Waals surface area contributed by atoms with Crippen LogP contribution in [-0.2, 0) is 4.79 Å². The molecule has 0 atom stereocenters. The van der Waals surface area contributed by atoms with Gasteiger partial charge in [0.1, 0.15) is 5.54 Å². The number of nitrogens with zero attached hydrogens (tertiary/aromatic N) is 1. The molecule has 0 radical (unpaired) electrons. The lowest BCUT2D eigenvalue weighted by molar-refractivity contribution is -0.119. The zero-order valence-corrected chi connectivity index (χ0v) is 7.75. The molecule has 0 aliphatic carbocycles. The van der Waals surface area contributed by atoms with Gasteiger partial charge in [-0.25, -0.2) is 4.79 Å². The number of rotatable bonds is 1. The third kappa shape index (κ3) is 0.981. The Balaban J connectivity index is 2.37. The van der Waals surface area contributed by atoms with Gasteiger partial charge in [0.2, 0.25) is 5.24 Å². The summed E-state index contributed by atoms with van der Waals surface area (Å²) >= 11 is 5.46. The van der Waals surface area contributed by atoms with E-state index in [0.717, 1.165) is 12.8 Å². The summed E-state index contributed by atoms with van der Waals surface area (Å²) in [6, 6.07) is 0.0141. The molecule has 2 saturated heterocycles. The average Bonchev–Trinajstić information content (AvgIpc) is 2.58. The number of carbonyl (C=O) groups excluding carboxylic acids is 1. The van der Waals surface area contributed by atoms with Crippen LogP contribution < -0.4 is 0 Å². The summed E-state index contributed by atoms with van der Waals surface area (Å²) in [4.78, 5) is 23.3. The van der Waals surface area contributed by atoms with Crippen molar-refractivity contribution in [1.82, 2.24) is 4.90 Å². The van der Waals surface area contributed by atoms with Crippen molar-refractivity contribution in [2.45, 2.75) is 37.3 Å². The number of fused-ring (bicyclic) bond motifs is 2. The van der Waals surface area contributed by atoms with Crippen LogP contribution in [0.4, 0.5) is 4.79 Å². The Morgan fingerprint density at radius 2 is 1.92 bits per heavy atom. The van der Waals surface area contributed by atoms with Gasteiger partial charge in [0.05, 0.1) is 0 Å². The predicted octanol–water partition coefficient (Wildman–Crippen LogP) is 1.43. The molecule has 2 bridgehead atoms. The van der Waals surface area contributed by atoms with E-state index in [1.54, 1.807) is 0 Å². The topological polar surface area (TPSA) is 57.6 Å². The van der Waals surface area contributed by atoms with Crippen LogP contribution in [0.1, 0.15) is 25.7 Å². The monoisotopic (exact) mass is 203 g/mol.